The van der Waals surface area contributed by atoms with E-state index in [1.807, 2.05) is 35.2 Å². The lowest BCUT2D eigenvalue weighted by molar-refractivity contribution is -0.132. The van der Waals surface area contributed by atoms with Crippen molar-refractivity contribution in [2.24, 2.45) is 5.92 Å². The van der Waals surface area contributed by atoms with Crippen molar-refractivity contribution in [3.63, 3.8) is 0 Å². The molecule has 3 rings (SSSR count). The van der Waals surface area contributed by atoms with Gasteiger partial charge in [-0.3, -0.25) is 4.79 Å². The molecular weight excluding hydrogens is 228 g/mol. The lowest BCUT2D eigenvalue weighted by Crippen LogP contribution is -2.36. The molecule has 0 radical (unpaired) electrons. The molecular formula is C14H18N2O2. The Labute approximate surface area is 107 Å². The third-order valence-corrected chi connectivity index (χ3v) is 3.82. The normalized spacial score (nSPS) is 26.1. The summed E-state index contributed by atoms with van der Waals surface area (Å²) in [5.41, 5.74) is 0. The first-order valence-corrected chi connectivity index (χ1v) is 6.52. The highest BCUT2D eigenvalue weighted by molar-refractivity contribution is 5.78. The van der Waals surface area contributed by atoms with Gasteiger partial charge >= 0.3 is 0 Å². The predicted octanol–water partition coefficient (Wildman–Crippen LogP) is 0.886. The summed E-state index contributed by atoms with van der Waals surface area (Å²) in [4.78, 5) is 13.9. The number of para-hydroxylation sites is 1. The molecule has 0 spiro atoms. The van der Waals surface area contributed by atoms with Crippen LogP contribution in [-0.2, 0) is 4.79 Å². The van der Waals surface area contributed by atoms with E-state index in [-0.39, 0.29) is 12.5 Å². The van der Waals surface area contributed by atoms with Crippen molar-refractivity contribution in [1.82, 2.24) is 10.2 Å². The minimum absolute atomic E-state index is 0.0926. The number of amides is 1. The predicted molar refractivity (Wildman–Crippen MR) is 68.4 cm³/mol. The Morgan fingerprint density at radius 2 is 2.17 bits per heavy atom. The maximum absolute atomic E-state index is 12.0. The second-order valence-corrected chi connectivity index (χ2v) is 5.01. The molecule has 0 bridgehead atoms. The number of likely N-dealkylation sites (tertiary alicyclic amines) is 1. The molecule has 2 saturated heterocycles. The summed E-state index contributed by atoms with van der Waals surface area (Å²) in [5.74, 6) is 1.49. The van der Waals surface area contributed by atoms with Crippen LogP contribution < -0.4 is 10.1 Å². The molecule has 1 aromatic carbocycles. The van der Waals surface area contributed by atoms with Gasteiger partial charge in [0.15, 0.2) is 6.61 Å². The maximum Gasteiger partial charge on any atom is 0.260 e. The van der Waals surface area contributed by atoms with Crippen LogP contribution in [-0.4, -0.2) is 43.1 Å². The summed E-state index contributed by atoms with van der Waals surface area (Å²) in [5, 5.41) is 3.44. The number of benzene rings is 1. The van der Waals surface area contributed by atoms with Crippen LogP contribution >= 0.6 is 0 Å². The molecule has 2 aliphatic heterocycles. The monoisotopic (exact) mass is 246 g/mol. The number of carbonyl (C=O) groups is 1. The molecule has 96 valence electrons. The van der Waals surface area contributed by atoms with Gasteiger partial charge in [0, 0.05) is 19.1 Å². The van der Waals surface area contributed by atoms with E-state index in [1.165, 1.54) is 6.42 Å². The van der Waals surface area contributed by atoms with Gasteiger partial charge in [0.2, 0.25) is 0 Å². The Balaban J connectivity index is 1.50. The van der Waals surface area contributed by atoms with Crippen LogP contribution in [0.4, 0.5) is 0 Å². The second-order valence-electron chi connectivity index (χ2n) is 5.01. The van der Waals surface area contributed by atoms with E-state index < -0.39 is 0 Å². The summed E-state index contributed by atoms with van der Waals surface area (Å²) in [7, 11) is 0. The van der Waals surface area contributed by atoms with Crippen molar-refractivity contribution in [2.75, 3.05) is 26.2 Å². The average Bonchev–Trinajstić information content (AvgIpc) is 2.98. The third kappa shape index (κ3) is 2.34. The van der Waals surface area contributed by atoms with Crippen LogP contribution in [0.15, 0.2) is 30.3 Å². The Hall–Kier alpha value is -1.55. The molecule has 2 heterocycles. The smallest absolute Gasteiger partial charge is 0.260 e. The van der Waals surface area contributed by atoms with Crippen molar-refractivity contribution in [2.45, 2.75) is 12.5 Å². The SMILES string of the molecule is O=C(COc1ccccc1)N1C[C@@H]2CCN[C@@H]2C1. The average molecular weight is 246 g/mol. The van der Waals surface area contributed by atoms with Crippen LogP contribution in [0.3, 0.4) is 0 Å². The first kappa shape index (κ1) is 11.5. The van der Waals surface area contributed by atoms with Crippen LogP contribution in [0, 0.1) is 5.92 Å². The first-order chi connectivity index (χ1) is 8.83. The summed E-state index contributed by atoms with van der Waals surface area (Å²) >= 11 is 0. The van der Waals surface area contributed by atoms with Crippen molar-refractivity contribution in [3.8, 4) is 5.75 Å². The summed E-state index contributed by atoms with van der Waals surface area (Å²) in [6.07, 6.45) is 1.19. The lowest BCUT2D eigenvalue weighted by Gasteiger charge is -2.17. The summed E-state index contributed by atoms with van der Waals surface area (Å²) < 4.78 is 5.49. The Kier molecular flexibility index (Phi) is 3.19. The van der Waals surface area contributed by atoms with Gasteiger partial charge in [-0.15, -0.1) is 0 Å². The number of rotatable bonds is 3. The number of hydrogen-bond acceptors (Lipinski definition) is 3. The van der Waals surface area contributed by atoms with Crippen molar-refractivity contribution < 1.29 is 9.53 Å². The van der Waals surface area contributed by atoms with E-state index in [9.17, 15) is 4.79 Å². The van der Waals surface area contributed by atoms with Gasteiger partial charge in [-0.2, -0.15) is 0 Å². The van der Waals surface area contributed by atoms with Crippen LogP contribution in [0.5, 0.6) is 5.75 Å². The molecule has 1 aromatic rings. The Bertz CT molecular complexity index is 409. The molecule has 4 heteroatoms. The van der Waals surface area contributed by atoms with Gasteiger partial charge in [-0.05, 0) is 31.0 Å². The van der Waals surface area contributed by atoms with E-state index in [0.29, 0.717) is 12.0 Å². The fourth-order valence-corrected chi connectivity index (χ4v) is 2.81. The van der Waals surface area contributed by atoms with E-state index >= 15 is 0 Å². The minimum atomic E-state index is 0.0926. The van der Waals surface area contributed by atoms with Crippen LogP contribution in [0.1, 0.15) is 6.42 Å². The Morgan fingerprint density at radius 1 is 1.33 bits per heavy atom. The molecule has 0 unspecified atom stereocenters. The zero-order valence-corrected chi connectivity index (χ0v) is 10.3. The van der Waals surface area contributed by atoms with E-state index in [4.69, 9.17) is 4.74 Å². The zero-order chi connectivity index (χ0) is 12.4. The standard InChI is InChI=1S/C14H18N2O2/c17-14(10-18-12-4-2-1-3-5-12)16-8-11-6-7-15-13(11)9-16/h1-5,11,13,15H,6-10H2/t11-,13+/m0/s1. The molecule has 18 heavy (non-hydrogen) atoms. The van der Waals surface area contributed by atoms with Crippen LogP contribution in [0.2, 0.25) is 0 Å². The molecule has 1 N–H and O–H groups in total. The van der Waals surface area contributed by atoms with Gasteiger partial charge in [0.1, 0.15) is 5.75 Å². The highest BCUT2D eigenvalue weighted by Gasteiger charge is 2.37. The number of hydrogen-bond donors (Lipinski definition) is 1. The first-order valence-electron chi connectivity index (χ1n) is 6.52. The van der Waals surface area contributed by atoms with Gasteiger partial charge in [0.05, 0.1) is 0 Å². The van der Waals surface area contributed by atoms with Crippen molar-refractivity contribution in [3.05, 3.63) is 30.3 Å². The van der Waals surface area contributed by atoms with Gasteiger partial charge in [0.25, 0.3) is 5.91 Å². The van der Waals surface area contributed by atoms with E-state index in [0.717, 1.165) is 25.4 Å². The second kappa shape index (κ2) is 4.98. The molecule has 2 atom stereocenters. The minimum Gasteiger partial charge on any atom is -0.484 e. The van der Waals surface area contributed by atoms with E-state index in [2.05, 4.69) is 5.32 Å². The number of fused-ring (bicyclic) bond motifs is 1. The number of ether oxygens (including phenoxy) is 1. The third-order valence-electron chi connectivity index (χ3n) is 3.82. The Morgan fingerprint density at radius 3 is 2.94 bits per heavy atom. The molecule has 2 fully saturated rings. The van der Waals surface area contributed by atoms with Crippen molar-refractivity contribution >= 4 is 5.91 Å². The number of nitrogens with zero attached hydrogens (tertiary/aromatic N) is 1. The number of nitrogens with one attached hydrogen (secondary N) is 1. The highest BCUT2D eigenvalue weighted by Crippen LogP contribution is 2.24. The molecule has 0 saturated carbocycles. The topological polar surface area (TPSA) is 41.6 Å². The lowest BCUT2D eigenvalue weighted by atomic mass is 10.1. The maximum atomic E-state index is 12.0. The van der Waals surface area contributed by atoms with Crippen LogP contribution in [0.25, 0.3) is 0 Å². The van der Waals surface area contributed by atoms with Gasteiger partial charge < -0.3 is 15.0 Å². The van der Waals surface area contributed by atoms with Gasteiger partial charge in [-0.1, -0.05) is 18.2 Å². The van der Waals surface area contributed by atoms with Gasteiger partial charge in [-0.25, -0.2) is 0 Å². The fraction of sp³-hybridized carbons (Fsp3) is 0.500. The molecule has 1 amide bonds. The fourth-order valence-electron chi connectivity index (χ4n) is 2.81. The summed E-state index contributed by atoms with van der Waals surface area (Å²) in [6, 6.07) is 9.99. The van der Waals surface area contributed by atoms with E-state index in [1.54, 1.807) is 0 Å². The summed E-state index contributed by atoms with van der Waals surface area (Å²) in [6.45, 7) is 2.96. The molecule has 0 aliphatic carbocycles. The van der Waals surface area contributed by atoms with Crippen molar-refractivity contribution in [1.29, 1.82) is 0 Å². The quantitative estimate of drug-likeness (QED) is 0.861. The molecule has 0 aromatic heterocycles. The largest absolute Gasteiger partial charge is 0.484 e. The zero-order valence-electron chi connectivity index (χ0n) is 10.3. The molecule has 2 aliphatic rings. The highest BCUT2D eigenvalue weighted by atomic mass is 16.5. The molecule has 4 nitrogen and oxygen atoms in total. The number of carbonyl (C=O) groups excluding carboxylic acids is 1.